The number of hydrogen-bond donors (Lipinski definition) is 6. The summed E-state index contributed by atoms with van der Waals surface area (Å²) in [4.78, 5) is 32.7. The first-order valence-electron chi connectivity index (χ1n) is 9.26. The summed E-state index contributed by atoms with van der Waals surface area (Å²) in [6.45, 7) is -0.551. The van der Waals surface area contributed by atoms with E-state index in [0.29, 0.717) is 22.5 Å². The molecule has 3 heterocycles. The van der Waals surface area contributed by atoms with Gasteiger partial charge in [-0.1, -0.05) is 6.07 Å². The van der Waals surface area contributed by atoms with Crippen LogP contribution in [0, 0.1) is 5.82 Å². The van der Waals surface area contributed by atoms with Crippen molar-refractivity contribution < 1.29 is 43.0 Å². The first-order chi connectivity index (χ1) is 15.2. The second-order valence-electron chi connectivity index (χ2n) is 6.86. The van der Waals surface area contributed by atoms with E-state index in [2.05, 4.69) is 29.8 Å². The standard InChI is InChI=1S/C17H19FN5O8P/c18-9-2-1-8(4-19-15-12-16(21-6-20-12)23-7-22-15)10(3-9)30-17-14(25)13(24)11(31-17)5-29-32(26,27)28/h1-3,6-7,11,13-14,17,24-25H,4-5H2,(H2,26,27,28)(H2,19,20,21,22,23)/t11-,13-,14-,17?/m1/s1. The average Bonchev–Trinajstić information content (AvgIpc) is 3.32. The summed E-state index contributed by atoms with van der Waals surface area (Å²) < 4.78 is 39.9. The van der Waals surface area contributed by atoms with Gasteiger partial charge in [-0.15, -0.1) is 0 Å². The van der Waals surface area contributed by atoms with E-state index in [0.717, 1.165) is 6.07 Å². The zero-order chi connectivity index (χ0) is 22.9. The molecule has 0 bridgehead atoms. The normalized spacial score (nSPS) is 23.5. The van der Waals surface area contributed by atoms with Gasteiger partial charge in [0.2, 0.25) is 6.29 Å². The lowest BCUT2D eigenvalue weighted by Gasteiger charge is -2.19. The predicted molar refractivity (Wildman–Crippen MR) is 105 cm³/mol. The van der Waals surface area contributed by atoms with Crippen molar-refractivity contribution in [1.29, 1.82) is 0 Å². The lowest BCUT2D eigenvalue weighted by atomic mass is 10.1. The maximum atomic E-state index is 13.9. The molecule has 3 aromatic rings. The van der Waals surface area contributed by atoms with Crippen molar-refractivity contribution in [2.24, 2.45) is 0 Å². The fourth-order valence-corrected chi connectivity index (χ4v) is 3.45. The van der Waals surface area contributed by atoms with E-state index in [-0.39, 0.29) is 12.3 Å². The topological polar surface area (TPSA) is 192 Å². The Hall–Kier alpha value is -2.71. The van der Waals surface area contributed by atoms with E-state index in [1.54, 1.807) is 0 Å². The minimum atomic E-state index is -4.81. The minimum absolute atomic E-state index is 0.0141. The molecule has 6 N–H and O–H groups in total. The highest BCUT2D eigenvalue weighted by Gasteiger charge is 2.45. The van der Waals surface area contributed by atoms with Crippen LogP contribution in [0.5, 0.6) is 5.75 Å². The zero-order valence-electron chi connectivity index (χ0n) is 16.2. The van der Waals surface area contributed by atoms with E-state index >= 15 is 0 Å². The average molecular weight is 471 g/mol. The molecule has 0 spiro atoms. The molecule has 32 heavy (non-hydrogen) atoms. The first-order valence-corrected chi connectivity index (χ1v) is 10.8. The molecule has 15 heteroatoms. The number of aliphatic hydroxyl groups is 2. The van der Waals surface area contributed by atoms with Crippen molar-refractivity contribution in [2.45, 2.75) is 31.1 Å². The molecule has 0 amide bonds. The van der Waals surface area contributed by atoms with Crippen LogP contribution in [0.2, 0.25) is 0 Å². The monoisotopic (exact) mass is 471 g/mol. The Morgan fingerprint density at radius 2 is 2.03 bits per heavy atom. The first kappa shape index (κ1) is 22.5. The van der Waals surface area contributed by atoms with Crippen molar-refractivity contribution >= 4 is 24.8 Å². The van der Waals surface area contributed by atoms with Crippen molar-refractivity contribution in [3.05, 3.63) is 42.2 Å². The lowest BCUT2D eigenvalue weighted by molar-refractivity contribution is -0.116. The fraction of sp³-hybridized carbons (Fsp3) is 0.353. The molecule has 172 valence electrons. The highest BCUT2D eigenvalue weighted by molar-refractivity contribution is 7.46. The number of hydrogen-bond acceptors (Lipinski definition) is 10. The molecule has 0 saturated carbocycles. The predicted octanol–water partition coefficient (Wildman–Crippen LogP) is 0.0389. The van der Waals surface area contributed by atoms with Gasteiger partial charge in [-0.05, 0) is 6.07 Å². The Morgan fingerprint density at radius 3 is 2.81 bits per heavy atom. The van der Waals surface area contributed by atoms with Crippen LogP contribution in [0.3, 0.4) is 0 Å². The molecular weight excluding hydrogens is 452 g/mol. The smallest absolute Gasteiger partial charge is 0.462 e. The van der Waals surface area contributed by atoms with Crippen molar-refractivity contribution in [2.75, 3.05) is 11.9 Å². The third kappa shape index (κ3) is 5.02. The maximum absolute atomic E-state index is 13.9. The van der Waals surface area contributed by atoms with E-state index in [1.165, 1.54) is 24.8 Å². The number of aromatic amines is 1. The van der Waals surface area contributed by atoms with E-state index in [1.807, 2.05) is 0 Å². The zero-order valence-corrected chi connectivity index (χ0v) is 17.1. The summed E-state index contributed by atoms with van der Waals surface area (Å²) in [5.74, 6) is -0.152. The Bertz CT molecular complexity index is 1140. The number of aliphatic hydroxyl groups excluding tert-OH is 2. The Balaban J connectivity index is 1.47. The number of H-pyrrole nitrogens is 1. The summed E-state index contributed by atoms with van der Waals surface area (Å²) in [6, 6.07) is 3.74. The third-order valence-corrected chi connectivity index (χ3v) is 5.15. The molecule has 1 unspecified atom stereocenters. The number of nitrogens with one attached hydrogen (secondary N) is 2. The van der Waals surface area contributed by atoms with Gasteiger partial charge in [0, 0.05) is 18.2 Å². The Kier molecular flexibility index (Phi) is 6.35. The van der Waals surface area contributed by atoms with Crippen LogP contribution in [-0.2, 0) is 20.4 Å². The van der Waals surface area contributed by atoms with Crippen LogP contribution >= 0.6 is 7.82 Å². The number of fused-ring (bicyclic) bond motifs is 1. The summed E-state index contributed by atoms with van der Waals surface area (Å²) in [6.07, 6.45) is -3.03. The molecule has 1 saturated heterocycles. The van der Waals surface area contributed by atoms with Crippen LogP contribution < -0.4 is 10.1 Å². The van der Waals surface area contributed by atoms with E-state index < -0.39 is 44.8 Å². The largest absolute Gasteiger partial charge is 0.469 e. The number of ether oxygens (including phenoxy) is 2. The number of anilines is 1. The summed E-state index contributed by atoms with van der Waals surface area (Å²) in [7, 11) is -4.81. The molecule has 2 aromatic heterocycles. The van der Waals surface area contributed by atoms with Gasteiger partial charge in [0.15, 0.2) is 11.5 Å². The number of phosphoric ester groups is 1. The maximum Gasteiger partial charge on any atom is 0.469 e. The number of benzene rings is 1. The van der Waals surface area contributed by atoms with Gasteiger partial charge in [0.05, 0.1) is 12.9 Å². The second-order valence-corrected chi connectivity index (χ2v) is 8.10. The van der Waals surface area contributed by atoms with Gasteiger partial charge < -0.3 is 39.8 Å². The molecule has 13 nitrogen and oxygen atoms in total. The van der Waals surface area contributed by atoms with Crippen LogP contribution in [0.25, 0.3) is 11.2 Å². The molecule has 1 aliphatic rings. The molecule has 1 aliphatic heterocycles. The highest BCUT2D eigenvalue weighted by atomic mass is 31.2. The SMILES string of the molecule is O=P(O)(O)OC[C@H]1OC(Oc2cc(F)ccc2CNc2ncnc3nc[nH]c23)[C@H](O)[C@@H]1O. The Labute approximate surface area is 179 Å². The molecule has 4 rings (SSSR count). The number of imidazole rings is 1. The van der Waals surface area contributed by atoms with Crippen LogP contribution in [0.15, 0.2) is 30.9 Å². The second kappa shape index (κ2) is 9.03. The molecular formula is C17H19FN5O8P. The summed E-state index contributed by atoms with van der Waals surface area (Å²) >= 11 is 0. The van der Waals surface area contributed by atoms with Crippen LogP contribution in [-0.4, -0.2) is 71.1 Å². The number of phosphoric acid groups is 1. The number of nitrogens with zero attached hydrogens (tertiary/aromatic N) is 3. The summed E-state index contributed by atoms with van der Waals surface area (Å²) in [5.41, 5.74) is 1.50. The summed E-state index contributed by atoms with van der Waals surface area (Å²) in [5, 5.41) is 23.3. The van der Waals surface area contributed by atoms with Gasteiger partial charge in [-0.2, -0.15) is 0 Å². The molecule has 1 fully saturated rings. The lowest BCUT2D eigenvalue weighted by Crippen LogP contribution is -2.36. The van der Waals surface area contributed by atoms with E-state index in [9.17, 15) is 19.2 Å². The number of halogens is 1. The van der Waals surface area contributed by atoms with Crippen molar-refractivity contribution in [3.63, 3.8) is 0 Å². The number of rotatable bonds is 8. The highest BCUT2D eigenvalue weighted by Crippen LogP contribution is 2.37. The molecule has 0 aliphatic carbocycles. The van der Waals surface area contributed by atoms with Gasteiger partial charge in [0.25, 0.3) is 0 Å². The molecule has 0 radical (unpaired) electrons. The van der Waals surface area contributed by atoms with Gasteiger partial charge in [-0.3, -0.25) is 4.52 Å². The van der Waals surface area contributed by atoms with Gasteiger partial charge in [0.1, 0.15) is 41.7 Å². The van der Waals surface area contributed by atoms with Gasteiger partial charge >= 0.3 is 7.82 Å². The van der Waals surface area contributed by atoms with E-state index in [4.69, 9.17) is 19.3 Å². The molecule has 1 aromatic carbocycles. The van der Waals surface area contributed by atoms with Crippen LogP contribution in [0.4, 0.5) is 10.2 Å². The quantitative estimate of drug-likeness (QED) is 0.242. The van der Waals surface area contributed by atoms with Crippen molar-refractivity contribution in [3.8, 4) is 5.75 Å². The minimum Gasteiger partial charge on any atom is -0.462 e. The number of aromatic nitrogens is 4. The van der Waals surface area contributed by atoms with Crippen molar-refractivity contribution in [1.82, 2.24) is 19.9 Å². The van der Waals surface area contributed by atoms with Crippen LogP contribution in [0.1, 0.15) is 5.56 Å². The molecule has 4 atom stereocenters. The van der Waals surface area contributed by atoms with Gasteiger partial charge in [-0.25, -0.2) is 23.9 Å². The Morgan fingerprint density at radius 1 is 1.22 bits per heavy atom. The third-order valence-electron chi connectivity index (χ3n) is 4.67. The fourth-order valence-electron chi connectivity index (χ4n) is 3.11.